The predicted octanol–water partition coefficient (Wildman–Crippen LogP) is 3.05. The zero-order chi connectivity index (χ0) is 13.2. The van der Waals surface area contributed by atoms with Crippen molar-refractivity contribution in [3.05, 3.63) is 47.4 Å². The van der Waals surface area contributed by atoms with Gasteiger partial charge in [-0.25, -0.2) is 9.97 Å². The highest BCUT2D eigenvalue weighted by molar-refractivity contribution is 6.32. The Labute approximate surface area is 117 Å². The molecule has 0 radical (unpaired) electrons. The van der Waals surface area contributed by atoms with E-state index in [1.165, 1.54) is 11.9 Å². The standard InChI is InChI=1S/C14H15ClN4/c15-13-12(16)14(18-9-17-13)19-8-4-7-11(19)10-5-2-1-3-6-10/h1-3,5-6,9,11H,4,7-8,16H2. The molecule has 1 fully saturated rings. The molecule has 0 bridgehead atoms. The van der Waals surface area contributed by atoms with Gasteiger partial charge in [0.15, 0.2) is 11.0 Å². The van der Waals surface area contributed by atoms with E-state index in [2.05, 4.69) is 39.1 Å². The third kappa shape index (κ3) is 2.24. The molecule has 4 nitrogen and oxygen atoms in total. The molecule has 3 rings (SSSR count). The Morgan fingerprint density at radius 3 is 2.79 bits per heavy atom. The number of nitrogens with zero attached hydrogens (tertiary/aromatic N) is 3. The fourth-order valence-electron chi connectivity index (χ4n) is 2.64. The molecular formula is C14H15ClN4. The van der Waals surface area contributed by atoms with Crippen molar-refractivity contribution < 1.29 is 0 Å². The number of halogens is 1. The van der Waals surface area contributed by atoms with Crippen molar-refractivity contribution in [3.63, 3.8) is 0 Å². The van der Waals surface area contributed by atoms with E-state index in [0.717, 1.165) is 25.2 Å². The van der Waals surface area contributed by atoms with Gasteiger partial charge in [0.05, 0.1) is 6.04 Å². The van der Waals surface area contributed by atoms with Crippen LogP contribution in [-0.4, -0.2) is 16.5 Å². The molecule has 19 heavy (non-hydrogen) atoms. The number of anilines is 2. The molecule has 2 heterocycles. The Balaban J connectivity index is 1.98. The molecule has 5 heteroatoms. The Bertz CT molecular complexity index is 573. The van der Waals surface area contributed by atoms with E-state index in [-0.39, 0.29) is 0 Å². The average Bonchev–Trinajstić information content (AvgIpc) is 2.92. The van der Waals surface area contributed by atoms with Gasteiger partial charge < -0.3 is 10.6 Å². The van der Waals surface area contributed by atoms with E-state index in [1.54, 1.807) is 0 Å². The molecule has 1 unspecified atom stereocenters. The summed E-state index contributed by atoms with van der Waals surface area (Å²) in [4.78, 5) is 10.4. The molecule has 1 aliphatic rings. The molecule has 1 atom stereocenters. The fourth-order valence-corrected chi connectivity index (χ4v) is 2.76. The summed E-state index contributed by atoms with van der Waals surface area (Å²) in [6, 6.07) is 10.7. The van der Waals surface area contributed by atoms with Gasteiger partial charge in [-0.1, -0.05) is 41.9 Å². The van der Waals surface area contributed by atoms with Crippen molar-refractivity contribution in [3.8, 4) is 0 Å². The highest BCUT2D eigenvalue weighted by Gasteiger charge is 2.28. The van der Waals surface area contributed by atoms with Crippen molar-refractivity contribution >= 4 is 23.1 Å². The van der Waals surface area contributed by atoms with E-state index < -0.39 is 0 Å². The first kappa shape index (κ1) is 12.2. The van der Waals surface area contributed by atoms with E-state index in [0.29, 0.717) is 16.9 Å². The highest BCUT2D eigenvalue weighted by atomic mass is 35.5. The minimum atomic E-state index is 0.314. The lowest BCUT2D eigenvalue weighted by Gasteiger charge is -2.27. The number of aromatic nitrogens is 2. The van der Waals surface area contributed by atoms with E-state index in [9.17, 15) is 0 Å². The minimum Gasteiger partial charge on any atom is -0.393 e. The average molecular weight is 275 g/mol. The van der Waals surface area contributed by atoms with Crippen LogP contribution in [0.1, 0.15) is 24.4 Å². The maximum absolute atomic E-state index is 6.00. The smallest absolute Gasteiger partial charge is 0.157 e. The Morgan fingerprint density at radius 2 is 2.00 bits per heavy atom. The molecule has 0 aliphatic carbocycles. The van der Waals surface area contributed by atoms with Crippen LogP contribution in [0.2, 0.25) is 5.15 Å². The Kier molecular flexibility index (Phi) is 3.25. The molecule has 98 valence electrons. The molecular weight excluding hydrogens is 260 g/mol. The van der Waals surface area contributed by atoms with Crippen LogP contribution < -0.4 is 10.6 Å². The second-order valence-corrected chi connectivity index (χ2v) is 5.02. The molecule has 0 saturated carbocycles. The second-order valence-electron chi connectivity index (χ2n) is 4.66. The molecule has 1 aromatic carbocycles. The van der Waals surface area contributed by atoms with E-state index in [1.807, 2.05) is 6.07 Å². The third-order valence-corrected chi connectivity index (χ3v) is 3.82. The lowest BCUT2D eigenvalue weighted by Crippen LogP contribution is -2.24. The van der Waals surface area contributed by atoms with E-state index >= 15 is 0 Å². The van der Waals surface area contributed by atoms with Crippen molar-refractivity contribution in [1.29, 1.82) is 0 Å². The summed E-state index contributed by atoms with van der Waals surface area (Å²) in [5.74, 6) is 0.742. The minimum absolute atomic E-state index is 0.314. The van der Waals surface area contributed by atoms with E-state index in [4.69, 9.17) is 17.3 Å². The van der Waals surface area contributed by atoms with Crippen molar-refractivity contribution in [2.24, 2.45) is 0 Å². The molecule has 1 aliphatic heterocycles. The number of nitrogens with two attached hydrogens (primary N) is 1. The quantitative estimate of drug-likeness (QED) is 0.855. The summed E-state index contributed by atoms with van der Waals surface area (Å²) in [5, 5.41) is 0.323. The van der Waals surface area contributed by atoms with Crippen LogP contribution in [0.4, 0.5) is 11.5 Å². The first-order valence-electron chi connectivity index (χ1n) is 6.35. The van der Waals surface area contributed by atoms with Crippen molar-refractivity contribution in [2.75, 3.05) is 17.2 Å². The molecule has 2 N–H and O–H groups in total. The zero-order valence-corrected chi connectivity index (χ0v) is 11.2. The lowest BCUT2D eigenvalue weighted by molar-refractivity contribution is 0.711. The van der Waals surface area contributed by atoms with Crippen LogP contribution in [-0.2, 0) is 0 Å². The normalized spacial score (nSPS) is 18.8. The first-order chi connectivity index (χ1) is 9.27. The summed E-state index contributed by atoms with van der Waals surface area (Å²) >= 11 is 5.98. The molecule has 2 aromatic rings. The number of benzene rings is 1. The highest BCUT2D eigenvalue weighted by Crippen LogP contribution is 2.38. The molecule has 0 spiro atoms. The summed E-state index contributed by atoms with van der Waals surface area (Å²) in [5.41, 5.74) is 7.76. The maximum atomic E-state index is 6.00. The second kappa shape index (κ2) is 5.05. The monoisotopic (exact) mass is 274 g/mol. The van der Waals surface area contributed by atoms with Gasteiger partial charge in [0.2, 0.25) is 0 Å². The SMILES string of the molecule is Nc1c(Cl)ncnc1N1CCCC1c1ccccc1. The van der Waals surface area contributed by atoms with Gasteiger partial charge in [-0.05, 0) is 18.4 Å². The maximum Gasteiger partial charge on any atom is 0.157 e. The molecule has 0 amide bonds. The van der Waals surface area contributed by atoms with Gasteiger partial charge in [-0.15, -0.1) is 0 Å². The Morgan fingerprint density at radius 1 is 1.21 bits per heavy atom. The van der Waals surface area contributed by atoms with Gasteiger partial charge in [0.1, 0.15) is 12.0 Å². The number of hydrogen-bond acceptors (Lipinski definition) is 4. The molecule has 1 aromatic heterocycles. The predicted molar refractivity (Wildman–Crippen MR) is 77.2 cm³/mol. The van der Waals surface area contributed by atoms with Crippen molar-refractivity contribution in [2.45, 2.75) is 18.9 Å². The van der Waals surface area contributed by atoms with Crippen LogP contribution in [0.5, 0.6) is 0 Å². The van der Waals surface area contributed by atoms with Crippen LogP contribution in [0, 0.1) is 0 Å². The summed E-state index contributed by atoms with van der Waals surface area (Å²) in [6.45, 7) is 0.942. The van der Waals surface area contributed by atoms with Gasteiger partial charge in [-0.3, -0.25) is 0 Å². The number of hydrogen-bond donors (Lipinski definition) is 1. The van der Waals surface area contributed by atoms with Gasteiger partial charge >= 0.3 is 0 Å². The van der Waals surface area contributed by atoms with Crippen molar-refractivity contribution in [1.82, 2.24) is 9.97 Å². The van der Waals surface area contributed by atoms with Gasteiger partial charge in [0, 0.05) is 6.54 Å². The first-order valence-corrected chi connectivity index (χ1v) is 6.72. The van der Waals surface area contributed by atoms with Crippen LogP contribution in [0.15, 0.2) is 36.7 Å². The van der Waals surface area contributed by atoms with Crippen LogP contribution in [0.25, 0.3) is 0 Å². The van der Waals surface area contributed by atoms with Gasteiger partial charge in [-0.2, -0.15) is 0 Å². The number of rotatable bonds is 2. The van der Waals surface area contributed by atoms with Crippen LogP contribution >= 0.6 is 11.6 Å². The van der Waals surface area contributed by atoms with Crippen LogP contribution in [0.3, 0.4) is 0 Å². The number of nitrogen functional groups attached to an aromatic ring is 1. The largest absolute Gasteiger partial charge is 0.393 e. The molecule has 1 saturated heterocycles. The topological polar surface area (TPSA) is 55.0 Å². The summed E-state index contributed by atoms with van der Waals surface area (Å²) in [6.07, 6.45) is 3.69. The zero-order valence-electron chi connectivity index (χ0n) is 10.5. The summed E-state index contributed by atoms with van der Waals surface area (Å²) in [7, 11) is 0. The van der Waals surface area contributed by atoms with Gasteiger partial charge in [0.25, 0.3) is 0 Å². The third-order valence-electron chi connectivity index (χ3n) is 3.52. The Hall–Kier alpha value is -1.81. The lowest BCUT2D eigenvalue weighted by atomic mass is 10.0. The summed E-state index contributed by atoms with van der Waals surface area (Å²) < 4.78 is 0. The fraction of sp³-hybridized carbons (Fsp3) is 0.286.